The zero-order valence-corrected chi connectivity index (χ0v) is 18.1. The van der Waals surface area contributed by atoms with Crippen LogP contribution in [0.25, 0.3) is 22.1 Å². The van der Waals surface area contributed by atoms with Crippen LogP contribution in [-0.4, -0.2) is 67.5 Å². The molecule has 2 aliphatic rings. The van der Waals surface area contributed by atoms with E-state index in [-0.39, 0.29) is 24.9 Å². The highest BCUT2D eigenvalue weighted by atomic mass is 35.5. The number of fused-ring (bicyclic) bond motifs is 3. The monoisotopic (exact) mass is 455 g/mol. The third kappa shape index (κ3) is 3.32. The van der Waals surface area contributed by atoms with Crippen LogP contribution in [0.15, 0.2) is 30.3 Å². The molecule has 0 saturated carbocycles. The molecule has 0 bridgehead atoms. The van der Waals surface area contributed by atoms with Gasteiger partial charge in [0.1, 0.15) is 18.3 Å². The normalized spacial score (nSPS) is 25.1. The number of halogens is 1. The lowest BCUT2D eigenvalue weighted by atomic mass is 10.1. The lowest BCUT2D eigenvalue weighted by Crippen LogP contribution is -2.34. The standard InChI is InChI=1S/C22H22ClN5O4/c1-28-16-5-3-2-4-11(16)13(27-28)6-7-14-12(23)8-15-21(24-14)26-22(25-15)32-18-10-31-19-17(29)9-30-20(18)19/h2-5,8,17-20,29H,6-7,9-10H2,1H3,(H,24,25,26)/t17-,18-,19-,20-/m1/s1. The first kappa shape index (κ1) is 19.9. The third-order valence-corrected chi connectivity index (χ3v) is 6.48. The van der Waals surface area contributed by atoms with E-state index in [4.69, 9.17) is 25.8 Å². The number of para-hydroxylation sites is 1. The van der Waals surface area contributed by atoms with E-state index >= 15 is 0 Å². The molecule has 166 valence electrons. The van der Waals surface area contributed by atoms with Gasteiger partial charge in [0, 0.05) is 12.4 Å². The molecule has 3 aromatic heterocycles. The SMILES string of the molecule is Cn1nc(CCc2nc3nc(O[C@@H]4CO[C@H]5[C@@H]4OC[C@H]5O)[nH]c3cc2Cl)c2ccccc21. The summed E-state index contributed by atoms with van der Waals surface area (Å²) in [6.07, 6.45) is -0.265. The number of imidazole rings is 1. The van der Waals surface area contributed by atoms with Crippen molar-refractivity contribution >= 4 is 33.7 Å². The summed E-state index contributed by atoms with van der Waals surface area (Å²) in [5.41, 5.74) is 4.11. The van der Waals surface area contributed by atoms with Crippen LogP contribution in [0.1, 0.15) is 11.4 Å². The van der Waals surface area contributed by atoms with Crippen molar-refractivity contribution in [1.82, 2.24) is 24.7 Å². The molecule has 2 aliphatic heterocycles. The molecule has 2 fully saturated rings. The van der Waals surface area contributed by atoms with Crippen molar-refractivity contribution in [1.29, 1.82) is 0 Å². The van der Waals surface area contributed by atoms with Crippen LogP contribution in [0.4, 0.5) is 0 Å². The Labute approximate surface area is 188 Å². The van der Waals surface area contributed by atoms with Gasteiger partial charge in [-0.2, -0.15) is 10.1 Å². The number of nitrogens with one attached hydrogen (secondary N) is 1. The second kappa shape index (κ2) is 7.70. The van der Waals surface area contributed by atoms with Gasteiger partial charge < -0.3 is 24.3 Å². The van der Waals surface area contributed by atoms with Crippen molar-refractivity contribution in [3.63, 3.8) is 0 Å². The predicted molar refractivity (Wildman–Crippen MR) is 117 cm³/mol. The summed E-state index contributed by atoms with van der Waals surface area (Å²) in [6.45, 7) is 0.586. The number of aliphatic hydroxyl groups excluding tert-OH is 1. The highest BCUT2D eigenvalue weighted by Gasteiger charge is 2.48. The van der Waals surface area contributed by atoms with E-state index in [9.17, 15) is 5.11 Å². The zero-order valence-electron chi connectivity index (χ0n) is 17.4. The largest absolute Gasteiger partial charge is 0.456 e. The van der Waals surface area contributed by atoms with Crippen LogP contribution in [0, 0.1) is 0 Å². The molecule has 32 heavy (non-hydrogen) atoms. The van der Waals surface area contributed by atoms with Crippen LogP contribution in [0.5, 0.6) is 6.01 Å². The molecule has 2 saturated heterocycles. The van der Waals surface area contributed by atoms with E-state index < -0.39 is 6.10 Å². The van der Waals surface area contributed by atoms with E-state index in [0.29, 0.717) is 35.2 Å². The number of H-pyrrole nitrogens is 1. The van der Waals surface area contributed by atoms with Gasteiger partial charge in [-0.3, -0.25) is 4.68 Å². The number of aromatic nitrogens is 5. The molecule has 10 heteroatoms. The molecular weight excluding hydrogens is 434 g/mol. The van der Waals surface area contributed by atoms with E-state index in [0.717, 1.165) is 28.7 Å². The lowest BCUT2D eigenvalue weighted by molar-refractivity contribution is 0.00706. The Morgan fingerprint density at radius 2 is 1.97 bits per heavy atom. The molecule has 1 aromatic carbocycles. The lowest BCUT2D eigenvalue weighted by Gasteiger charge is -2.15. The number of benzene rings is 1. The average molecular weight is 456 g/mol. The first-order chi connectivity index (χ1) is 15.6. The van der Waals surface area contributed by atoms with Crippen molar-refractivity contribution in [3.05, 3.63) is 46.7 Å². The number of hydrogen-bond donors (Lipinski definition) is 2. The topological polar surface area (TPSA) is 107 Å². The highest BCUT2D eigenvalue weighted by Crippen LogP contribution is 2.30. The molecule has 6 rings (SSSR count). The van der Waals surface area contributed by atoms with Crippen LogP contribution < -0.4 is 4.74 Å². The Morgan fingerprint density at radius 3 is 2.88 bits per heavy atom. The van der Waals surface area contributed by atoms with Gasteiger partial charge in [-0.05, 0) is 25.0 Å². The highest BCUT2D eigenvalue weighted by molar-refractivity contribution is 6.31. The van der Waals surface area contributed by atoms with E-state index in [2.05, 4.69) is 32.2 Å². The fourth-order valence-corrected chi connectivity index (χ4v) is 4.81. The van der Waals surface area contributed by atoms with Gasteiger partial charge in [-0.1, -0.05) is 29.8 Å². The fraction of sp³-hybridized carbons (Fsp3) is 0.409. The van der Waals surface area contributed by atoms with Crippen LogP contribution in [-0.2, 0) is 29.4 Å². The smallest absolute Gasteiger partial charge is 0.296 e. The fourth-order valence-electron chi connectivity index (χ4n) is 4.56. The Kier molecular flexibility index (Phi) is 4.80. The summed E-state index contributed by atoms with van der Waals surface area (Å²) in [6, 6.07) is 10.3. The van der Waals surface area contributed by atoms with Crippen LogP contribution in [0.2, 0.25) is 5.02 Å². The summed E-state index contributed by atoms with van der Waals surface area (Å²) in [7, 11) is 1.95. The first-order valence-electron chi connectivity index (χ1n) is 10.6. The number of nitrogens with zero attached hydrogens (tertiary/aromatic N) is 4. The van der Waals surface area contributed by atoms with Crippen molar-refractivity contribution in [2.24, 2.45) is 7.05 Å². The number of pyridine rings is 1. The minimum atomic E-state index is -0.622. The maximum atomic E-state index is 9.89. The van der Waals surface area contributed by atoms with Gasteiger partial charge in [-0.25, -0.2) is 4.98 Å². The minimum absolute atomic E-state index is 0.251. The number of aliphatic hydroxyl groups is 1. The zero-order chi connectivity index (χ0) is 21.8. The molecule has 0 amide bonds. The quantitative estimate of drug-likeness (QED) is 0.475. The van der Waals surface area contributed by atoms with Crippen molar-refractivity contribution < 1.29 is 19.3 Å². The Hall–Kier alpha value is -2.72. The molecule has 0 unspecified atom stereocenters. The molecule has 9 nitrogen and oxygen atoms in total. The second-order valence-electron chi connectivity index (χ2n) is 8.24. The van der Waals surface area contributed by atoms with Crippen LogP contribution in [0.3, 0.4) is 0 Å². The molecule has 0 spiro atoms. The molecule has 5 heterocycles. The number of ether oxygens (including phenoxy) is 3. The Balaban J connectivity index is 1.21. The summed E-state index contributed by atoms with van der Waals surface area (Å²) in [4.78, 5) is 12.3. The number of aryl methyl sites for hydroxylation is 3. The molecular formula is C22H22ClN5O4. The predicted octanol–water partition coefficient (Wildman–Crippen LogP) is 2.19. The van der Waals surface area contributed by atoms with Gasteiger partial charge in [0.25, 0.3) is 6.01 Å². The number of rotatable bonds is 5. The second-order valence-corrected chi connectivity index (χ2v) is 8.64. The van der Waals surface area contributed by atoms with E-state index in [1.807, 2.05) is 29.9 Å². The third-order valence-electron chi connectivity index (χ3n) is 6.16. The molecule has 0 aliphatic carbocycles. The van der Waals surface area contributed by atoms with Gasteiger partial charge in [0.15, 0.2) is 11.8 Å². The molecule has 2 N–H and O–H groups in total. The summed E-state index contributed by atoms with van der Waals surface area (Å²) in [5, 5.41) is 16.3. The van der Waals surface area contributed by atoms with Crippen LogP contribution >= 0.6 is 11.6 Å². The first-order valence-corrected chi connectivity index (χ1v) is 11.0. The summed E-state index contributed by atoms with van der Waals surface area (Å²) < 4.78 is 19.1. The molecule has 4 atom stereocenters. The molecule has 0 radical (unpaired) electrons. The van der Waals surface area contributed by atoms with Gasteiger partial charge in [-0.15, -0.1) is 0 Å². The van der Waals surface area contributed by atoms with Gasteiger partial charge >= 0.3 is 0 Å². The average Bonchev–Trinajstić information content (AvgIpc) is 3.53. The van der Waals surface area contributed by atoms with Crippen molar-refractivity contribution in [3.8, 4) is 6.01 Å². The van der Waals surface area contributed by atoms with Crippen molar-refractivity contribution in [2.45, 2.75) is 37.3 Å². The number of aromatic amines is 1. The Morgan fingerprint density at radius 1 is 1.16 bits per heavy atom. The van der Waals surface area contributed by atoms with E-state index in [1.165, 1.54) is 0 Å². The molecule has 4 aromatic rings. The Bertz CT molecular complexity index is 1300. The van der Waals surface area contributed by atoms with Gasteiger partial charge in [0.2, 0.25) is 0 Å². The van der Waals surface area contributed by atoms with Crippen molar-refractivity contribution in [2.75, 3.05) is 13.2 Å². The maximum absolute atomic E-state index is 9.89. The summed E-state index contributed by atoms with van der Waals surface area (Å²) >= 11 is 6.52. The summed E-state index contributed by atoms with van der Waals surface area (Å²) in [5.74, 6) is 0. The van der Waals surface area contributed by atoms with Gasteiger partial charge in [0.05, 0.1) is 40.7 Å². The van der Waals surface area contributed by atoms with E-state index in [1.54, 1.807) is 0 Å². The minimum Gasteiger partial charge on any atom is -0.456 e. The number of hydrogen-bond acceptors (Lipinski definition) is 7. The maximum Gasteiger partial charge on any atom is 0.296 e.